The van der Waals surface area contributed by atoms with E-state index in [4.69, 9.17) is 21.7 Å². The second kappa shape index (κ2) is 8.45. The Morgan fingerprint density at radius 1 is 1.14 bits per heavy atom. The Kier molecular flexibility index (Phi) is 6.01. The fraction of sp³-hybridized carbons (Fsp3) is 0.150. The van der Waals surface area contributed by atoms with Crippen molar-refractivity contribution in [2.75, 3.05) is 24.4 Å². The average Bonchev–Trinajstić information content (AvgIpc) is 2.95. The third kappa shape index (κ3) is 4.02. The number of carbonyl (C=O) groups is 2. The molecule has 1 fully saturated rings. The van der Waals surface area contributed by atoms with Crippen LogP contribution in [0.15, 0.2) is 47.4 Å². The van der Waals surface area contributed by atoms with Gasteiger partial charge >= 0.3 is 0 Å². The first-order valence-corrected chi connectivity index (χ1v) is 9.53. The number of methoxy groups -OCH3 is 2. The Labute approximate surface area is 172 Å². The molecule has 2 aromatic rings. The summed E-state index contributed by atoms with van der Waals surface area (Å²) in [7, 11) is 3.11. The summed E-state index contributed by atoms with van der Waals surface area (Å²) in [6.45, 7) is 1.44. The predicted molar refractivity (Wildman–Crippen MR) is 116 cm³/mol. The number of thioether (sulfide) groups is 1. The summed E-state index contributed by atoms with van der Waals surface area (Å²) < 4.78 is 11.2. The van der Waals surface area contributed by atoms with Crippen LogP contribution in [-0.2, 0) is 9.59 Å². The highest BCUT2D eigenvalue weighted by molar-refractivity contribution is 8.27. The molecule has 144 valence electrons. The zero-order valence-electron chi connectivity index (χ0n) is 15.5. The predicted octanol–water partition coefficient (Wildman–Crippen LogP) is 4.07. The number of thiocarbonyl (C=S) groups is 1. The summed E-state index contributed by atoms with van der Waals surface area (Å²) >= 11 is 6.63. The molecule has 28 heavy (non-hydrogen) atoms. The van der Waals surface area contributed by atoms with E-state index in [1.165, 1.54) is 23.6 Å². The van der Waals surface area contributed by atoms with E-state index in [-0.39, 0.29) is 11.8 Å². The summed E-state index contributed by atoms with van der Waals surface area (Å²) in [5.41, 5.74) is 2.01. The van der Waals surface area contributed by atoms with Crippen LogP contribution in [-0.4, -0.2) is 30.4 Å². The molecule has 3 rings (SSSR count). The highest BCUT2D eigenvalue weighted by Crippen LogP contribution is 2.39. The van der Waals surface area contributed by atoms with Gasteiger partial charge in [-0.1, -0.05) is 36.1 Å². The maximum absolute atomic E-state index is 12.9. The van der Waals surface area contributed by atoms with Crippen molar-refractivity contribution in [3.8, 4) is 11.5 Å². The van der Waals surface area contributed by atoms with Gasteiger partial charge in [0.25, 0.3) is 5.91 Å². The van der Waals surface area contributed by atoms with Gasteiger partial charge in [0.15, 0.2) is 15.8 Å². The topological polar surface area (TPSA) is 67.9 Å². The largest absolute Gasteiger partial charge is 0.493 e. The van der Waals surface area contributed by atoms with Crippen molar-refractivity contribution in [1.82, 2.24) is 0 Å². The van der Waals surface area contributed by atoms with Crippen molar-refractivity contribution in [1.29, 1.82) is 0 Å². The van der Waals surface area contributed by atoms with Gasteiger partial charge in [-0.3, -0.25) is 14.5 Å². The normalized spacial score (nSPS) is 15.1. The van der Waals surface area contributed by atoms with Gasteiger partial charge in [-0.05, 0) is 36.4 Å². The molecule has 1 aliphatic rings. The van der Waals surface area contributed by atoms with Crippen LogP contribution in [0.1, 0.15) is 12.5 Å². The van der Waals surface area contributed by atoms with Gasteiger partial charge in [0, 0.05) is 18.2 Å². The molecule has 8 heteroatoms. The van der Waals surface area contributed by atoms with Crippen LogP contribution in [0.3, 0.4) is 0 Å². The lowest BCUT2D eigenvalue weighted by atomic mass is 10.1. The SMILES string of the molecule is COc1cccc(C=C2SC(=S)N(c3ccc(NC(C)=O)cc3)C2=O)c1OC. The minimum atomic E-state index is -0.216. The smallest absolute Gasteiger partial charge is 0.270 e. The number of benzene rings is 2. The molecule has 1 saturated heterocycles. The van der Waals surface area contributed by atoms with Crippen LogP contribution >= 0.6 is 24.0 Å². The summed E-state index contributed by atoms with van der Waals surface area (Å²) in [4.78, 5) is 26.0. The molecule has 2 aromatic carbocycles. The summed E-state index contributed by atoms with van der Waals surface area (Å²) in [5, 5.41) is 2.69. The van der Waals surface area contributed by atoms with Crippen LogP contribution in [0.2, 0.25) is 0 Å². The highest BCUT2D eigenvalue weighted by atomic mass is 32.2. The molecule has 2 amide bonds. The molecular weight excluding hydrogens is 396 g/mol. The second-order valence-electron chi connectivity index (χ2n) is 5.83. The molecular formula is C20H18N2O4S2. The standard InChI is InChI=1S/C20H18N2O4S2/c1-12(23)21-14-7-9-15(10-8-14)22-19(24)17(28-20(22)27)11-13-5-4-6-16(25-2)18(13)26-3/h4-11H,1-3H3,(H,21,23). The number of ether oxygens (including phenoxy) is 2. The van der Waals surface area contributed by atoms with Crippen LogP contribution < -0.4 is 19.7 Å². The fourth-order valence-corrected chi connectivity index (χ4v) is 4.04. The first-order chi connectivity index (χ1) is 13.4. The molecule has 0 spiro atoms. The Bertz CT molecular complexity index is 971. The average molecular weight is 415 g/mol. The number of rotatable bonds is 5. The molecule has 0 radical (unpaired) electrons. The van der Waals surface area contributed by atoms with Crippen LogP contribution in [0.4, 0.5) is 11.4 Å². The molecule has 0 unspecified atom stereocenters. The van der Waals surface area contributed by atoms with Gasteiger partial charge in [0.2, 0.25) is 5.91 Å². The van der Waals surface area contributed by atoms with Gasteiger partial charge < -0.3 is 14.8 Å². The van der Waals surface area contributed by atoms with Gasteiger partial charge in [0.05, 0.1) is 24.8 Å². The van der Waals surface area contributed by atoms with Crippen molar-refractivity contribution in [2.24, 2.45) is 0 Å². The third-order valence-corrected chi connectivity index (χ3v) is 5.26. The first kappa shape index (κ1) is 19.9. The maximum atomic E-state index is 12.9. The van der Waals surface area contributed by atoms with E-state index in [0.717, 1.165) is 5.56 Å². The van der Waals surface area contributed by atoms with Crippen LogP contribution in [0.5, 0.6) is 11.5 Å². The number of anilines is 2. The summed E-state index contributed by atoms with van der Waals surface area (Å²) in [6.07, 6.45) is 1.74. The molecule has 0 aromatic heterocycles. The molecule has 1 N–H and O–H groups in total. The lowest BCUT2D eigenvalue weighted by Gasteiger charge is -2.15. The van der Waals surface area contributed by atoms with Crippen LogP contribution in [0, 0.1) is 0 Å². The van der Waals surface area contributed by atoms with Crippen molar-refractivity contribution in [2.45, 2.75) is 6.92 Å². The number of nitrogens with one attached hydrogen (secondary N) is 1. The number of hydrogen-bond donors (Lipinski definition) is 1. The lowest BCUT2D eigenvalue weighted by molar-refractivity contribution is -0.114. The molecule has 0 bridgehead atoms. The van der Waals surface area contributed by atoms with Crippen molar-refractivity contribution >= 4 is 57.6 Å². The zero-order chi connectivity index (χ0) is 20.3. The van der Waals surface area contributed by atoms with E-state index in [1.807, 2.05) is 12.1 Å². The van der Waals surface area contributed by atoms with E-state index < -0.39 is 0 Å². The zero-order valence-corrected chi connectivity index (χ0v) is 17.1. The Hall–Kier alpha value is -2.84. The van der Waals surface area contributed by atoms with E-state index in [0.29, 0.717) is 32.1 Å². The lowest BCUT2D eigenvalue weighted by Crippen LogP contribution is -2.27. The molecule has 0 aliphatic carbocycles. The third-order valence-electron chi connectivity index (χ3n) is 3.96. The summed E-state index contributed by atoms with van der Waals surface area (Å²) in [5.74, 6) is 0.760. The van der Waals surface area contributed by atoms with E-state index in [9.17, 15) is 9.59 Å². The van der Waals surface area contributed by atoms with Gasteiger partial charge in [-0.25, -0.2) is 0 Å². The molecule has 0 saturated carbocycles. The Morgan fingerprint density at radius 2 is 1.86 bits per heavy atom. The first-order valence-electron chi connectivity index (χ1n) is 8.31. The number of nitrogens with zero attached hydrogens (tertiary/aromatic N) is 1. The molecule has 1 heterocycles. The number of carbonyl (C=O) groups excluding carboxylic acids is 2. The fourth-order valence-electron chi connectivity index (χ4n) is 2.75. The highest BCUT2D eigenvalue weighted by Gasteiger charge is 2.33. The quantitative estimate of drug-likeness (QED) is 0.588. The number of hydrogen-bond acceptors (Lipinski definition) is 6. The second-order valence-corrected chi connectivity index (χ2v) is 7.50. The maximum Gasteiger partial charge on any atom is 0.270 e. The van der Waals surface area contributed by atoms with E-state index >= 15 is 0 Å². The van der Waals surface area contributed by atoms with Gasteiger partial charge in [-0.15, -0.1) is 0 Å². The van der Waals surface area contributed by atoms with E-state index in [1.54, 1.807) is 50.6 Å². The van der Waals surface area contributed by atoms with Crippen molar-refractivity contribution in [3.63, 3.8) is 0 Å². The minimum Gasteiger partial charge on any atom is -0.493 e. The van der Waals surface area contributed by atoms with E-state index in [2.05, 4.69) is 5.32 Å². The van der Waals surface area contributed by atoms with Gasteiger partial charge in [-0.2, -0.15) is 0 Å². The molecule has 6 nitrogen and oxygen atoms in total. The Morgan fingerprint density at radius 3 is 2.46 bits per heavy atom. The van der Waals surface area contributed by atoms with Crippen LogP contribution in [0.25, 0.3) is 6.08 Å². The molecule has 0 atom stereocenters. The van der Waals surface area contributed by atoms with Gasteiger partial charge in [0.1, 0.15) is 0 Å². The number of amides is 2. The Balaban J connectivity index is 1.90. The minimum absolute atomic E-state index is 0.159. The molecule has 1 aliphatic heterocycles. The summed E-state index contributed by atoms with van der Waals surface area (Å²) in [6, 6.07) is 12.4. The number of para-hydroxylation sites is 1. The van der Waals surface area contributed by atoms with Crippen molar-refractivity contribution in [3.05, 3.63) is 52.9 Å². The van der Waals surface area contributed by atoms with Crippen molar-refractivity contribution < 1.29 is 19.1 Å². The monoisotopic (exact) mass is 414 g/mol.